The van der Waals surface area contributed by atoms with E-state index in [0.29, 0.717) is 23.8 Å². The van der Waals surface area contributed by atoms with Gasteiger partial charge in [0.15, 0.2) is 11.6 Å². The molecule has 0 radical (unpaired) electrons. The number of halogens is 1. The average molecular weight is 267 g/mol. The Kier molecular flexibility index (Phi) is 6.78. The van der Waals surface area contributed by atoms with Crippen LogP contribution in [0.3, 0.4) is 0 Å². The van der Waals surface area contributed by atoms with Crippen molar-refractivity contribution in [2.24, 2.45) is 5.92 Å². The molecule has 0 bridgehead atoms. The largest absolute Gasteiger partial charge is 0.357 e. The highest BCUT2D eigenvalue weighted by molar-refractivity contribution is 5.42. The summed E-state index contributed by atoms with van der Waals surface area (Å²) in [6, 6.07) is 1.75. The number of nitrogens with one attached hydrogen (secondary N) is 1. The SMILES string of the molecule is CCCNCc1ccnc(N(C)CCC(C)C)c1F. The number of anilines is 1. The average Bonchev–Trinajstić information content (AvgIpc) is 2.38. The lowest BCUT2D eigenvalue weighted by Crippen LogP contribution is -2.23. The van der Waals surface area contributed by atoms with E-state index in [1.165, 1.54) is 0 Å². The number of hydrogen-bond donors (Lipinski definition) is 1. The third kappa shape index (κ3) is 5.15. The summed E-state index contributed by atoms with van der Waals surface area (Å²) in [7, 11) is 1.90. The lowest BCUT2D eigenvalue weighted by molar-refractivity contribution is 0.558. The van der Waals surface area contributed by atoms with Crippen molar-refractivity contribution in [2.45, 2.75) is 40.2 Å². The molecule has 1 aromatic rings. The fourth-order valence-corrected chi connectivity index (χ4v) is 1.83. The van der Waals surface area contributed by atoms with Crippen molar-refractivity contribution in [1.82, 2.24) is 10.3 Å². The molecule has 0 amide bonds. The Morgan fingerprint density at radius 2 is 2.16 bits per heavy atom. The van der Waals surface area contributed by atoms with Gasteiger partial charge in [0.05, 0.1) is 0 Å². The summed E-state index contributed by atoms with van der Waals surface area (Å²) < 4.78 is 14.3. The van der Waals surface area contributed by atoms with E-state index in [1.54, 1.807) is 12.3 Å². The highest BCUT2D eigenvalue weighted by atomic mass is 19.1. The van der Waals surface area contributed by atoms with Crippen LogP contribution in [0, 0.1) is 11.7 Å². The minimum atomic E-state index is -0.197. The second-order valence-electron chi connectivity index (χ2n) is 5.39. The van der Waals surface area contributed by atoms with E-state index < -0.39 is 0 Å². The normalized spacial score (nSPS) is 11.1. The summed E-state index contributed by atoms with van der Waals surface area (Å²) in [4.78, 5) is 6.07. The van der Waals surface area contributed by atoms with Crippen LogP contribution in [0.4, 0.5) is 10.2 Å². The summed E-state index contributed by atoms with van der Waals surface area (Å²) in [5.41, 5.74) is 0.690. The molecule has 1 heterocycles. The first-order chi connectivity index (χ1) is 9.06. The molecule has 0 aliphatic carbocycles. The second-order valence-corrected chi connectivity index (χ2v) is 5.39. The van der Waals surface area contributed by atoms with Gasteiger partial charge in [-0.2, -0.15) is 0 Å². The summed E-state index contributed by atoms with van der Waals surface area (Å²) in [6.07, 6.45) is 3.77. The van der Waals surface area contributed by atoms with Gasteiger partial charge in [-0.1, -0.05) is 20.8 Å². The van der Waals surface area contributed by atoms with Gasteiger partial charge in [-0.15, -0.1) is 0 Å². The second kappa shape index (κ2) is 8.10. The molecule has 3 nitrogen and oxygen atoms in total. The molecule has 108 valence electrons. The zero-order valence-corrected chi connectivity index (χ0v) is 12.5. The lowest BCUT2D eigenvalue weighted by Gasteiger charge is -2.20. The molecular formula is C15H26FN3. The van der Waals surface area contributed by atoms with Crippen molar-refractivity contribution in [3.63, 3.8) is 0 Å². The van der Waals surface area contributed by atoms with Crippen LogP contribution in [-0.2, 0) is 6.54 Å². The zero-order valence-electron chi connectivity index (χ0n) is 12.5. The quantitative estimate of drug-likeness (QED) is 0.733. The molecule has 0 aliphatic rings. The Morgan fingerprint density at radius 1 is 1.42 bits per heavy atom. The maximum absolute atomic E-state index is 14.3. The van der Waals surface area contributed by atoms with Crippen molar-refractivity contribution in [3.8, 4) is 0 Å². The minimum Gasteiger partial charge on any atom is -0.357 e. The third-order valence-electron chi connectivity index (χ3n) is 3.10. The fourth-order valence-electron chi connectivity index (χ4n) is 1.83. The molecule has 1 rings (SSSR count). The molecule has 0 unspecified atom stereocenters. The maximum Gasteiger partial charge on any atom is 0.170 e. The standard InChI is InChI=1S/C15H26FN3/c1-5-8-17-11-13-6-9-18-15(14(13)16)19(4)10-7-12(2)3/h6,9,12,17H,5,7-8,10-11H2,1-4H3. The first-order valence-electron chi connectivity index (χ1n) is 7.11. The molecule has 4 heteroatoms. The highest BCUT2D eigenvalue weighted by Crippen LogP contribution is 2.19. The molecule has 0 saturated carbocycles. The molecule has 0 fully saturated rings. The van der Waals surface area contributed by atoms with Crippen LogP contribution in [-0.4, -0.2) is 25.1 Å². The number of aromatic nitrogens is 1. The number of pyridine rings is 1. The van der Waals surface area contributed by atoms with Gasteiger partial charge in [-0.3, -0.25) is 0 Å². The van der Waals surface area contributed by atoms with Gasteiger partial charge < -0.3 is 10.2 Å². The maximum atomic E-state index is 14.3. The first kappa shape index (κ1) is 15.9. The number of rotatable bonds is 8. The summed E-state index contributed by atoms with van der Waals surface area (Å²) >= 11 is 0. The molecule has 0 spiro atoms. The zero-order chi connectivity index (χ0) is 14.3. The highest BCUT2D eigenvalue weighted by Gasteiger charge is 2.13. The molecular weight excluding hydrogens is 241 g/mol. The van der Waals surface area contributed by atoms with Crippen LogP contribution < -0.4 is 10.2 Å². The van der Waals surface area contributed by atoms with Crippen molar-refractivity contribution >= 4 is 5.82 Å². The van der Waals surface area contributed by atoms with E-state index in [4.69, 9.17) is 0 Å². The Bertz CT molecular complexity index is 380. The Morgan fingerprint density at radius 3 is 2.79 bits per heavy atom. The van der Waals surface area contributed by atoms with Gasteiger partial charge in [-0.05, 0) is 31.4 Å². The third-order valence-corrected chi connectivity index (χ3v) is 3.10. The predicted molar refractivity (Wildman–Crippen MR) is 78.9 cm³/mol. The predicted octanol–water partition coefficient (Wildman–Crippen LogP) is 3.20. The molecule has 1 N–H and O–H groups in total. The van der Waals surface area contributed by atoms with E-state index in [9.17, 15) is 4.39 Å². The van der Waals surface area contributed by atoms with Crippen molar-refractivity contribution < 1.29 is 4.39 Å². The van der Waals surface area contributed by atoms with Crippen LogP contribution in [0.25, 0.3) is 0 Å². The summed E-state index contributed by atoms with van der Waals surface area (Å²) in [6.45, 7) is 8.73. The van der Waals surface area contributed by atoms with Crippen molar-refractivity contribution in [2.75, 3.05) is 25.0 Å². The van der Waals surface area contributed by atoms with E-state index in [1.807, 2.05) is 11.9 Å². The van der Waals surface area contributed by atoms with Crippen LogP contribution in [0.1, 0.15) is 39.2 Å². The fraction of sp³-hybridized carbons (Fsp3) is 0.667. The Balaban J connectivity index is 2.70. The summed E-state index contributed by atoms with van der Waals surface area (Å²) in [5, 5.41) is 3.22. The van der Waals surface area contributed by atoms with Gasteiger partial charge in [0.2, 0.25) is 0 Å². The number of hydrogen-bond acceptors (Lipinski definition) is 3. The van der Waals surface area contributed by atoms with E-state index in [-0.39, 0.29) is 5.82 Å². The topological polar surface area (TPSA) is 28.2 Å². The monoisotopic (exact) mass is 267 g/mol. The van der Waals surface area contributed by atoms with E-state index in [2.05, 4.69) is 31.1 Å². The van der Waals surface area contributed by atoms with Crippen LogP contribution in [0.15, 0.2) is 12.3 Å². The van der Waals surface area contributed by atoms with Crippen LogP contribution in [0.5, 0.6) is 0 Å². The molecule has 0 aromatic carbocycles. The van der Waals surface area contributed by atoms with E-state index in [0.717, 1.165) is 25.9 Å². The van der Waals surface area contributed by atoms with Gasteiger partial charge >= 0.3 is 0 Å². The molecule has 1 aromatic heterocycles. The van der Waals surface area contributed by atoms with Gasteiger partial charge in [0.25, 0.3) is 0 Å². The van der Waals surface area contributed by atoms with Crippen LogP contribution >= 0.6 is 0 Å². The van der Waals surface area contributed by atoms with Gasteiger partial charge in [0.1, 0.15) is 0 Å². The Labute approximate surface area is 116 Å². The molecule has 0 atom stereocenters. The lowest BCUT2D eigenvalue weighted by atomic mass is 10.1. The van der Waals surface area contributed by atoms with Gasteiger partial charge in [-0.25, -0.2) is 9.37 Å². The number of nitrogens with zero attached hydrogens (tertiary/aromatic N) is 2. The van der Waals surface area contributed by atoms with Crippen molar-refractivity contribution in [1.29, 1.82) is 0 Å². The summed E-state index contributed by atoms with van der Waals surface area (Å²) in [5.74, 6) is 0.869. The Hall–Kier alpha value is -1.16. The molecule has 0 aliphatic heterocycles. The van der Waals surface area contributed by atoms with E-state index >= 15 is 0 Å². The van der Waals surface area contributed by atoms with Crippen LogP contribution in [0.2, 0.25) is 0 Å². The first-order valence-corrected chi connectivity index (χ1v) is 7.11. The molecule has 19 heavy (non-hydrogen) atoms. The van der Waals surface area contributed by atoms with Gasteiger partial charge in [0, 0.05) is 31.9 Å². The molecule has 0 saturated heterocycles. The minimum absolute atomic E-state index is 0.197. The van der Waals surface area contributed by atoms with Crippen molar-refractivity contribution in [3.05, 3.63) is 23.6 Å². The smallest absolute Gasteiger partial charge is 0.170 e.